The molecule has 5 rings (SSSR count). The summed E-state index contributed by atoms with van der Waals surface area (Å²) in [5.74, 6) is -1.24. The van der Waals surface area contributed by atoms with Crippen LogP contribution in [-0.4, -0.2) is 66.9 Å². The van der Waals surface area contributed by atoms with Crippen LogP contribution in [0.2, 0.25) is 0 Å². The second-order valence-electron chi connectivity index (χ2n) is 9.73. The first-order valence-corrected chi connectivity index (χ1v) is 12.1. The molecule has 0 bridgehead atoms. The molecule has 2 atom stereocenters. The van der Waals surface area contributed by atoms with E-state index in [4.69, 9.17) is 9.47 Å². The number of carbonyl (C=O) groups excluding carboxylic acids is 2. The Morgan fingerprint density at radius 1 is 1.09 bits per heavy atom. The molecule has 2 amide bonds. The molecule has 2 aromatic carbocycles. The fraction of sp³-hybridized carbons (Fsp3) is 0.444. The van der Waals surface area contributed by atoms with Crippen molar-refractivity contribution in [2.75, 3.05) is 32.8 Å². The highest BCUT2D eigenvalue weighted by Crippen LogP contribution is 2.44. The number of nitrogens with zero attached hydrogens (tertiary/aromatic N) is 1. The Hall–Kier alpha value is -3.39. The molecule has 184 valence electrons. The molecule has 0 aromatic heterocycles. The summed E-state index contributed by atoms with van der Waals surface area (Å²) in [4.78, 5) is 38.2. The zero-order valence-corrected chi connectivity index (χ0v) is 19.7. The Morgan fingerprint density at radius 2 is 1.71 bits per heavy atom. The number of carboxylic acid groups (broad SMARTS) is 1. The van der Waals surface area contributed by atoms with Crippen molar-refractivity contribution in [2.24, 2.45) is 11.3 Å². The van der Waals surface area contributed by atoms with Gasteiger partial charge in [0, 0.05) is 25.6 Å². The van der Waals surface area contributed by atoms with Crippen LogP contribution in [0.1, 0.15) is 36.8 Å². The number of nitrogens with one attached hydrogen (secondary N) is 1. The van der Waals surface area contributed by atoms with E-state index in [1.807, 2.05) is 31.2 Å². The normalized spacial score (nSPS) is 22.1. The van der Waals surface area contributed by atoms with E-state index < -0.39 is 17.5 Å². The molecule has 1 aliphatic carbocycles. The van der Waals surface area contributed by atoms with Gasteiger partial charge in [-0.05, 0) is 35.1 Å². The molecule has 2 aromatic rings. The van der Waals surface area contributed by atoms with E-state index in [1.54, 1.807) is 4.90 Å². The zero-order valence-electron chi connectivity index (χ0n) is 19.7. The molecule has 2 fully saturated rings. The van der Waals surface area contributed by atoms with Gasteiger partial charge in [-0.25, -0.2) is 4.79 Å². The van der Waals surface area contributed by atoms with Crippen molar-refractivity contribution in [1.82, 2.24) is 10.2 Å². The molecule has 3 aliphatic rings. The molecule has 0 spiro atoms. The first-order valence-electron chi connectivity index (χ1n) is 12.1. The summed E-state index contributed by atoms with van der Waals surface area (Å²) in [6.45, 7) is 3.10. The quantitative estimate of drug-likeness (QED) is 0.633. The maximum Gasteiger partial charge on any atom is 0.407 e. The van der Waals surface area contributed by atoms with Gasteiger partial charge >= 0.3 is 12.1 Å². The van der Waals surface area contributed by atoms with Crippen molar-refractivity contribution in [1.29, 1.82) is 0 Å². The van der Waals surface area contributed by atoms with Crippen LogP contribution in [0.5, 0.6) is 0 Å². The highest BCUT2D eigenvalue weighted by molar-refractivity contribution is 5.85. The lowest BCUT2D eigenvalue weighted by Crippen LogP contribution is -2.63. The molecule has 8 heteroatoms. The summed E-state index contributed by atoms with van der Waals surface area (Å²) < 4.78 is 11.3. The van der Waals surface area contributed by atoms with Gasteiger partial charge in [-0.3, -0.25) is 9.59 Å². The van der Waals surface area contributed by atoms with Gasteiger partial charge in [-0.1, -0.05) is 55.5 Å². The van der Waals surface area contributed by atoms with Crippen LogP contribution in [0, 0.1) is 11.3 Å². The molecule has 8 nitrogen and oxygen atoms in total. The first kappa shape index (κ1) is 23.4. The van der Waals surface area contributed by atoms with Crippen LogP contribution in [-0.2, 0) is 19.1 Å². The SMILES string of the molecule is CCC1(C(=O)O)CN(C(=O)C2COC(CNC(=O)OCC3c4ccccc4-c4ccccc43)C2)C1. The Balaban J connectivity index is 1.08. The van der Waals surface area contributed by atoms with E-state index in [1.165, 1.54) is 11.1 Å². The van der Waals surface area contributed by atoms with E-state index in [-0.39, 0.29) is 56.7 Å². The second kappa shape index (κ2) is 9.34. The van der Waals surface area contributed by atoms with Crippen LogP contribution < -0.4 is 5.32 Å². The van der Waals surface area contributed by atoms with Crippen LogP contribution >= 0.6 is 0 Å². The lowest BCUT2D eigenvalue weighted by Gasteiger charge is -2.47. The molecule has 35 heavy (non-hydrogen) atoms. The molecule has 2 unspecified atom stereocenters. The summed E-state index contributed by atoms with van der Waals surface area (Å²) in [6, 6.07) is 16.3. The number of benzene rings is 2. The molecule has 0 radical (unpaired) electrons. The highest BCUT2D eigenvalue weighted by Gasteiger charge is 2.51. The van der Waals surface area contributed by atoms with Crippen molar-refractivity contribution in [3.8, 4) is 11.1 Å². The van der Waals surface area contributed by atoms with Gasteiger partial charge in [-0.15, -0.1) is 0 Å². The summed E-state index contributed by atoms with van der Waals surface area (Å²) >= 11 is 0. The third kappa shape index (κ3) is 4.27. The first-order chi connectivity index (χ1) is 16.9. The molecule has 2 heterocycles. The van der Waals surface area contributed by atoms with Crippen molar-refractivity contribution in [3.63, 3.8) is 0 Å². The Bertz CT molecular complexity index is 1100. The van der Waals surface area contributed by atoms with Crippen molar-refractivity contribution < 1.29 is 29.0 Å². The number of rotatable bonds is 7. The molecular weight excluding hydrogens is 448 g/mol. The minimum atomic E-state index is -0.850. The molecule has 2 saturated heterocycles. The lowest BCUT2D eigenvalue weighted by molar-refractivity contribution is -0.168. The fourth-order valence-electron chi connectivity index (χ4n) is 5.48. The molecule has 2 aliphatic heterocycles. The fourth-order valence-corrected chi connectivity index (χ4v) is 5.48. The number of amides is 2. The van der Waals surface area contributed by atoms with E-state index in [0.29, 0.717) is 12.8 Å². The number of fused-ring (bicyclic) bond motifs is 3. The van der Waals surface area contributed by atoms with Gasteiger partial charge in [0.05, 0.1) is 18.6 Å². The number of aliphatic carboxylic acids is 1. The summed E-state index contributed by atoms with van der Waals surface area (Å²) in [6.07, 6.45) is 0.203. The van der Waals surface area contributed by atoms with E-state index in [2.05, 4.69) is 29.6 Å². The predicted molar refractivity (Wildman–Crippen MR) is 128 cm³/mol. The number of carbonyl (C=O) groups is 3. The number of ether oxygens (including phenoxy) is 2. The summed E-state index contributed by atoms with van der Waals surface area (Å²) in [5, 5.41) is 12.2. The summed E-state index contributed by atoms with van der Waals surface area (Å²) in [7, 11) is 0. The van der Waals surface area contributed by atoms with Crippen molar-refractivity contribution >= 4 is 18.0 Å². The maximum absolute atomic E-state index is 12.7. The third-order valence-electron chi connectivity index (χ3n) is 7.68. The molecule has 2 N–H and O–H groups in total. The monoisotopic (exact) mass is 478 g/mol. The van der Waals surface area contributed by atoms with Crippen LogP contribution in [0.3, 0.4) is 0 Å². The number of likely N-dealkylation sites (tertiary alicyclic amines) is 1. The van der Waals surface area contributed by atoms with E-state index >= 15 is 0 Å². The highest BCUT2D eigenvalue weighted by atomic mass is 16.5. The summed E-state index contributed by atoms with van der Waals surface area (Å²) in [5.41, 5.74) is 3.84. The van der Waals surface area contributed by atoms with Crippen molar-refractivity contribution in [3.05, 3.63) is 59.7 Å². The standard InChI is InChI=1S/C27H30N2O6/c1-2-27(25(31)32)15-29(16-27)24(30)17-11-18(34-13-17)12-28-26(33)35-14-23-21-9-5-3-7-19(21)20-8-4-6-10-22(20)23/h3-10,17-18,23H,2,11-16H2,1H3,(H,28,33)(H,31,32). The van der Waals surface area contributed by atoms with Gasteiger partial charge in [0.2, 0.25) is 5.91 Å². The van der Waals surface area contributed by atoms with Gasteiger partial charge < -0.3 is 24.8 Å². The number of hydrogen-bond donors (Lipinski definition) is 2. The van der Waals surface area contributed by atoms with Gasteiger partial charge in [-0.2, -0.15) is 0 Å². The van der Waals surface area contributed by atoms with Gasteiger partial charge in [0.1, 0.15) is 12.0 Å². The second-order valence-corrected chi connectivity index (χ2v) is 9.73. The van der Waals surface area contributed by atoms with Gasteiger partial charge in [0.25, 0.3) is 0 Å². The van der Waals surface area contributed by atoms with Crippen LogP contribution in [0.15, 0.2) is 48.5 Å². The van der Waals surface area contributed by atoms with Crippen LogP contribution in [0.4, 0.5) is 4.79 Å². The molecule has 0 saturated carbocycles. The average molecular weight is 479 g/mol. The Kier molecular flexibility index (Phi) is 6.23. The smallest absolute Gasteiger partial charge is 0.407 e. The Morgan fingerprint density at radius 3 is 2.31 bits per heavy atom. The van der Waals surface area contributed by atoms with E-state index in [0.717, 1.165) is 11.1 Å². The minimum absolute atomic E-state index is 0.00421. The predicted octanol–water partition coefficient (Wildman–Crippen LogP) is 3.25. The Labute approximate surface area is 204 Å². The minimum Gasteiger partial charge on any atom is -0.481 e. The largest absolute Gasteiger partial charge is 0.481 e. The molecular formula is C27H30N2O6. The zero-order chi connectivity index (χ0) is 24.6. The van der Waals surface area contributed by atoms with Crippen molar-refractivity contribution in [2.45, 2.75) is 31.8 Å². The van der Waals surface area contributed by atoms with E-state index in [9.17, 15) is 19.5 Å². The topological polar surface area (TPSA) is 105 Å². The average Bonchev–Trinajstić information content (AvgIpc) is 3.44. The van der Waals surface area contributed by atoms with Gasteiger partial charge in [0.15, 0.2) is 0 Å². The number of alkyl carbamates (subject to hydrolysis) is 1. The number of hydrogen-bond acceptors (Lipinski definition) is 5. The number of carboxylic acids is 1. The van der Waals surface area contributed by atoms with Crippen LogP contribution in [0.25, 0.3) is 11.1 Å². The third-order valence-corrected chi connectivity index (χ3v) is 7.68. The lowest BCUT2D eigenvalue weighted by atomic mass is 9.77. The maximum atomic E-state index is 12.7.